The van der Waals surface area contributed by atoms with E-state index in [1.807, 2.05) is 6.92 Å². The Balaban J connectivity index is 2.66. The van der Waals surface area contributed by atoms with E-state index in [2.05, 4.69) is 15.6 Å². The summed E-state index contributed by atoms with van der Waals surface area (Å²) in [5, 5.41) is 16.0. The van der Waals surface area contributed by atoms with Gasteiger partial charge in [0, 0.05) is 18.8 Å². The average molecular weight is 319 g/mol. The van der Waals surface area contributed by atoms with Crippen LogP contribution in [0.2, 0.25) is 0 Å². The predicted octanol–water partition coefficient (Wildman–Crippen LogP) is 0.668. The zero-order chi connectivity index (χ0) is 16.1. The number of aliphatic imine (C=N–C) groups is 1. The third-order valence-corrected chi connectivity index (χ3v) is 6.14. The highest BCUT2D eigenvalue weighted by Gasteiger charge is 2.30. The Kier molecular flexibility index (Phi) is 6.46. The van der Waals surface area contributed by atoms with Crippen LogP contribution in [0.3, 0.4) is 0 Å². The van der Waals surface area contributed by atoms with Crippen LogP contribution >= 0.6 is 0 Å². The van der Waals surface area contributed by atoms with Crippen molar-refractivity contribution in [3.05, 3.63) is 0 Å². The van der Waals surface area contributed by atoms with Crippen LogP contribution in [0.25, 0.3) is 0 Å². The van der Waals surface area contributed by atoms with Gasteiger partial charge in [-0.2, -0.15) is 0 Å². The number of aliphatic hydroxyl groups is 1. The molecule has 3 N–H and O–H groups in total. The molecule has 0 bridgehead atoms. The lowest BCUT2D eigenvalue weighted by molar-refractivity contribution is 0.120. The van der Waals surface area contributed by atoms with E-state index in [0.717, 1.165) is 32.2 Å². The molecule has 0 aromatic carbocycles. The second kappa shape index (κ2) is 7.45. The maximum absolute atomic E-state index is 11.7. The number of hydrogen-bond donors (Lipinski definition) is 3. The maximum atomic E-state index is 11.7. The summed E-state index contributed by atoms with van der Waals surface area (Å²) in [6.45, 7) is 6.29. The first-order valence-electron chi connectivity index (χ1n) is 7.58. The number of sulfone groups is 1. The minimum Gasteiger partial charge on any atom is -0.393 e. The van der Waals surface area contributed by atoms with Gasteiger partial charge in [-0.15, -0.1) is 0 Å². The quantitative estimate of drug-likeness (QED) is 0.512. The summed E-state index contributed by atoms with van der Waals surface area (Å²) in [6, 6.07) is 0.285. The van der Waals surface area contributed by atoms with Gasteiger partial charge in [0.25, 0.3) is 0 Å². The van der Waals surface area contributed by atoms with Crippen LogP contribution in [0.15, 0.2) is 4.99 Å². The van der Waals surface area contributed by atoms with Crippen molar-refractivity contribution < 1.29 is 13.5 Å². The van der Waals surface area contributed by atoms with Crippen molar-refractivity contribution in [1.82, 2.24) is 10.6 Å². The summed E-state index contributed by atoms with van der Waals surface area (Å²) in [4.78, 5) is 4.42. The molecule has 21 heavy (non-hydrogen) atoms. The molecule has 6 nitrogen and oxygen atoms in total. The van der Waals surface area contributed by atoms with E-state index in [9.17, 15) is 13.5 Å². The van der Waals surface area contributed by atoms with Crippen molar-refractivity contribution in [2.24, 2.45) is 4.99 Å². The highest BCUT2D eigenvalue weighted by Crippen LogP contribution is 2.18. The SMILES string of the molecule is CCNC(=NCC(C)(C)S(C)(=O)=O)NC1CCC(O)CC1. The molecular formula is C14H29N3O3S. The minimum atomic E-state index is -3.15. The van der Waals surface area contributed by atoms with Gasteiger partial charge in [0.2, 0.25) is 0 Å². The molecule has 0 atom stereocenters. The third-order valence-electron chi connectivity index (χ3n) is 4.00. The van der Waals surface area contributed by atoms with Crippen molar-refractivity contribution in [1.29, 1.82) is 0 Å². The zero-order valence-corrected chi connectivity index (χ0v) is 14.3. The standard InChI is InChI=1S/C14H29N3O3S/c1-5-15-13(16-10-14(2,3)21(4,19)20)17-11-6-8-12(18)9-7-11/h11-12,18H,5-10H2,1-4H3,(H2,15,16,17). The minimum absolute atomic E-state index is 0.188. The summed E-state index contributed by atoms with van der Waals surface area (Å²) in [6.07, 6.45) is 4.46. The molecular weight excluding hydrogens is 290 g/mol. The van der Waals surface area contributed by atoms with E-state index in [0.29, 0.717) is 5.96 Å². The van der Waals surface area contributed by atoms with Crippen LogP contribution in [-0.2, 0) is 9.84 Å². The average Bonchev–Trinajstić information content (AvgIpc) is 2.37. The van der Waals surface area contributed by atoms with E-state index in [-0.39, 0.29) is 18.7 Å². The fraction of sp³-hybridized carbons (Fsp3) is 0.929. The van der Waals surface area contributed by atoms with E-state index in [4.69, 9.17) is 0 Å². The van der Waals surface area contributed by atoms with Gasteiger partial charge in [0.1, 0.15) is 0 Å². The number of hydrogen-bond acceptors (Lipinski definition) is 4. The molecule has 1 rings (SSSR count). The summed E-state index contributed by atoms with van der Waals surface area (Å²) in [7, 11) is -3.15. The van der Waals surface area contributed by atoms with Crippen LogP contribution in [0.4, 0.5) is 0 Å². The molecule has 0 aromatic heterocycles. The van der Waals surface area contributed by atoms with Crippen molar-refractivity contribution in [3.63, 3.8) is 0 Å². The molecule has 7 heteroatoms. The van der Waals surface area contributed by atoms with Crippen LogP contribution < -0.4 is 10.6 Å². The lowest BCUT2D eigenvalue weighted by Gasteiger charge is -2.28. The van der Waals surface area contributed by atoms with Crippen LogP contribution in [0.1, 0.15) is 46.5 Å². The van der Waals surface area contributed by atoms with Gasteiger partial charge in [0.15, 0.2) is 15.8 Å². The second-order valence-corrected chi connectivity index (χ2v) is 9.03. The van der Waals surface area contributed by atoms with E-state index >= 15 is 0 Å². The molecule has 0 amide bonds. The normalized spacial score (nSPS) is 24.7. The Morgan fingerprint density at radius 1 is 1.29 bits per heavy atom. The van der Waals surface area contributed by atoms with Gasteiger partial charge in [-0.3, -0.25) is 4.99 Å². The Hall–Kier alpha value is -0.820. The lowest BCUT2D eigenvalue weighted by Crippen LogP contribution is -2.46. The molecule has 1 aliphatic carbocycles. The number of rotatable bonds is 5. The monoisotopic (exact) mass is 319 g/mol. The molecule has 0 heterocycles. The highest BCUT2D eigenvalue weighted by atomic mass is 32.2. The molecule has 0 unspecified atom stereocenters. The summed E-state index contributed by atoms with van der Waals surface area (Å²) in [5.41, 5.74) is 0. The zero-order valence-electron chi connectivity index (χ0n) is 13.5. The van der Waals surface area contributed by atoms with Gasteiger partial charge in [-0.1, -0.05) is 0 Å². The first-order valence-corrected chi connectivity index (χ1v) is 9.47. The van der Waals surface area contributed by atoms with Crippen molar-refractivity contribution in [2.45, 2.75) is 63.3 Å². The van der Waals surface area contributed by atoms with Gasteiger partial charge in [0.05, 0.1) is 17.4 Å². The lowest BCUT2D eigenvalue weighted by atomic mass is 9.93. The molecule has 0 aromatic rings. The number of nitrogens with zero attached hydrogens (tertiary/aromatic N) is 1. The maximum Gasteiger partial charge on any atom is 0.191 e. The summed E-state index contributed by atoms with van der Waals surface area (Å²) < 4.78 is 22.5. The fourth-order valence-electron chi connectivity index (χ4n) is 2.12. The first kappa shape index (κ1) is 18.2. The van der Waals surface area contributed by atoms with Gasteiger partial charge in [-0.25, -0.2) is 8.42 Å². The molecule has 0 spiro atoms. The Morgan fingerprint density at radius 3 is 2.33 bits per heavy atom. The van der Waals surface area contributed by atoms with Crippen molar-refractivity contribution in [3.8, 4) is 0 Å². The highest BCUT2D eigenvalue weighted by molar-refractivity contribution is 7.92. The van der Waals surface area contributed by atoms with Gasteiger partial charge >= 0.3 is 0 Å². The Labute approximate surface area is 128 Å². The molecule has 0 aliphatic heterocycles. The molecule has 0 saturated heterocycles. The molecule has 124 valence electrons. The predicted molar refractivity (Wildman–Crippen MR) is 86.3 cm³/mol. The fourth-order valence-corrected chi connectivity index (χ4v) is 2.42. The smallest absolute Gasteiger partial charge is 0.191 e. The Morgan fingerprint density at radius 2 is 1.86 bits per heavy atom. The third kappa shape index (κ3) is 5.82. The number of guanidine groups is 1. The van der Waals surface area contributed by atoms with Crippen LogP contribution in [-0.4, -0.2) is 55.7 Å². The van der Waals surface area contributed by atoms with E-state index in [1.54, 1.807) is 13.8 Å². The van der Waals surface area contributed by atoms with Gasteiger partial charge in [-0.05, 0) is 46.5 Å². The molecule has 1 aliphatic rings. The summed E-state index contributed by atoms with van der Waals surface area (Å²) in [5.74, 6) is 0.649. The van der Waals surface area contributed by atoms with Gasteiger partial charge < -0.3 is 15.7 Å². The molecule has 1 fully saturated rings. The number of aliphatic hydroxyl groups excluding tert-OH is 1. The second-order valence-electron chi connectivity index (χ2n) is 6.38. The van der Waals surface area contributed by atoms with Crippen LogP contribution in [0, 0.1) is 0 Å². The number of nitrogens with one attached hydrogen (secondary N) is 2. The van der Waals surface area contributed by atoms with Crippen LogP contribution in [0.5, 0.6) is 0 Å². The van der Waals surface area contributed by atoms with E-state index in [1.165, 1.54) is 6.26 Å². The van der Waals surface area contributed by atoms with E-state index < -0.39 is 14.6 Å². The van der Waals surface area contributed by atoms with Crippen molar-refractivity contribution >= 4 is 15.8 Å². The Bertz CT molecular complexity index is 452. The molecule has 0 radical (unpaired) electrons. The largest absolute Gasteiger partial charge is 0.393 e. The molecule has 1 saturated carbocycles. The summed E-state index contributed by atoms with van der Waals surface area (Å²) >= 11 is 0. The van der Waals surface area contributed by atoms with Crippen molar-refractivity contribution in [2.75, 3.05) is 19.3 Å². The topological polar surface area (TPSA) is 90.8 Å². The first-order chi connectivity index (χ1) is 9.65.